The second kappa shape index (κ2) is 7.09. The molecule has 160 valence electrons. The maximum atomic E-state index is 15.0. The van der Waals surface area contributed by atoms with E-state index in [-0.39, 0.29) is 11.5 Å². The van der Waals surface area contributed by atoms with Gasteiger partial charge in [0.2, 0.25) is 0 Å². The van der Waals surface area contributed by atoms with Crippen molar-refractivity contribution >= 4 is 11.3 Å². The van der Waals surface area contributed by atoms with Gasteiger partial charge in [-0.05, 0) is 76.2 Å². The summed E-state index contributed by atoms with van der Waals surface area (Å²) in [6, 6.07) is 3.44. The molecule has 0 unspecified atom stereocenters. The van der Waals surface area contributed by atoms with E-state index >= 15 is 0 Å². The van der Waals surface area contributed by atoms with Gasteiger partial charge in [0.15, 0.2) is 22.9 Å². The van der Waals surface area contributed by atoms with E-state index in [1.54, 1.807) is 9.03 Å². The third-order valence-electron chi connectivity index (χ3n) is 6.60. The number of hydrogen-bond acceptors (Lipinski definition) is 5. The fraction of sp³-hybridized carbons (Fsp3) is 0.478. The summed E-state index contributed by atoms with van der Waals surface area (Å²) in [6.07, 6.45) is 8.55. The van der Waals surface area contributed by atoms with Gasteiger partial charge in [0.25, 0.3) is 0 Å². The predicted molar refractivity (Wildman–Crippen MR) is 116 cm³/mol. The molecule has 0 aromatic carbocycles. The zero-order valence-corrected chi connectivity index (χ0v) is 17.9. The number of pyridine rings is 1. The highest BCUT2D eigenvalue weighted by atomic mass is 19.1. The zero-order chi connectivity index (χ0) is 21.1. The van der Waals surface area contributed by atoms with E-state index in [4.69, 9.17) is 0 Å². The van der Waals surface area contributed by atoms with Gasteiger partial charge in [-0.3, -0.25) is 0 Å². The van der Waals surface area contributed by atoms with E-state index in [0.717, 1.165) is 54.6 Å². The predicted octanol–water partition coefficient (Wildman–Crippen LogP) is 3.78. The van der Waals surface area contributed by atoms with Gasteiger partial charge in [0.1, 0.15) is 0 Å². The normalized spacial score (nSPS) is 18.4. The molecule has 0 spiro atoms. The topological polar surface area (TPSA) is 63.6 Å². The van der Waals surface area contributed by atoms with Crippen molar-refractivity contribution in [2.24, 2.45) is 5.92 Å². The standard InChI is InChI=1S/C23H26FN7/c1-14-9-20(27-30-11-15(2)25-22(14)30)18-10-19(24)23-26-21(28-31(23)13-18)17-5-7-29(8-6-17)12-16-3-4-16/h9-11,13,16-17H,3-8,12H2,1-2H3. The number of aryl methyl sites for hydroxylation is 2. The Labute approximate surface area is 179 Å². The molecule has 0 bridgehead atoms. The van der Waals surface area contributed by atoms with E-state index in [2.05, 4.69) is 25.1 Å². The first-order valence-corrected chi connectivity index (χ1v) is 11.2. The Balaban J connectivity index is 1.30. The summed E-state index contributed by atoms with van der Waals surface area (Å²) < 4.78 is 18.3. The highest BCUT2D eigenvalue weighted by molar-refractivity contribution is 5.64. The van der Waals surface area contributed by atoms with Crippen molar-refractivity contribution in [1.82, 2.24) is 34.1 Å². The fourth-order valence-electron chi connectivity index (χ4n) is 4.70. The van der Waals surface area contributed by atoms with Gasteiger partial charge in [-0.25, -0.2) is 23.4 Å². The summed E-state index contributed by atoms with van der Waals surface area (Å²) in [6.45, 7) is 7.32. The lowest BCUT2D eigenvalue weighted by Crippen LogP contribution is -2.34. The van der Waals surface area contributed by atoms with Crippen LogP contribution in [0.15, 0.2) is 24.5 Å². The Morgan fingerprint density at radius 1 is 0.935 bits per heavy atom. The lowest BCUT2D eigenvalue weighted by Gasteiger charge is -2.30. The van der Waals surface area contributed by atoms with E-state index in [9.17, 15) is 4.39 Å². The Bertz CT molecular complexity index is 1280. The molecule has 5 heterocycles. The highest BCUT2D eigenvalue weighted by Crippen LogP contribution is 2.33. The maximum Gasteiger partial charge on any atom is 0.191 e. The third-order valence-corrected chi connectivity index (χ3v) is 6.60. The summed E-state index contributed by atoms with van der Waals surface area (Å²) in [5.74, 6) is 1.60. The molecule has 1 saturated carbocycles. The monoisotopic (exact) mass is 419 g/mol. The molecule has 7 nitrogen and oxygen atoms in total. The summed E-state index contributed by atoms with van der Waals surface area (Å²) in [4.78, 5) is 11.6. The molecule has 6 rings (SSSR count). The van der Waals surface area contributed by atoms with Gasteiger partial charge in [0, 0.05) is 24.2 Å². The van der Waals surface area contributed by atoms with Gasteiger partial charge in [-0.15, -0.1) is 0 Å². The Hall–Kier alpha value is -2.87. The van der Waals surface area contributed by atoms with Crippen LogP contribution in [0.25, 0.3) is 22.6 Å². The van der Waals surface area contributed by atoms with Crippen molar-refractivity contribution in [2.45, 2.75) is 45.4 Å². The van der Waals surface area contributed by atoms with E-state index in [1.165, 1.54) is 25.5 Å². The molecule has 31 heavy (non-hydrogen) atoms. The van der Waals surface area contributed by atoms with Crippen LogP contribution in [0.2, 0.25) is 0 Å². The molecular weight excluding hydrogens is 393 g/mol. The molecule has 1 aliphatic carbocycles. The molecule has 0 radical (unpaired) electrons. The van der Waals surface area contributed by atoms with Crippen LogP contribution in [0.4, 0.5) is 4.39 Å². The first kappa shape index (κ1) is 18.9. The summed E-state index contributed by atoms with van der Waals surface area (Å²) in [5.41, 5.74) is 4.37. The molecule has 2 fully saturated rings. The molecule has 0 N–H and O–H groups in total. The first-order valence-electron chi connectivity index (χ1n) is 11.2. The van der Waals surface area contributed by atoms with Crippen LogP contribution < -0.4 is 0 Å². The lowest BCUT2D eigenvalue weighted by atomic mass is 9.96. The summed E-state index contributed by atoms with van der Waals surface area (Å²) in [5, 5.41) is 9.30. The smallest absolute Gasteiger partial charge is 0.191 e. The molecule has 1 saturated heterocycles. The summed E-state index contributed by atoms with van der Waals surface area (Å²) in [7, 11) is 0. The van der Waals surface area contributed by atoms with Crippen LogP contribution in [0, 0.1) is 25.6 Å². The number of imidazole rings is 1. The third kappa shape index (κ3) is 3.48. The van der Waals surface area contributed by atoms with E-state index < -0.39 is 0 Å². The molecular formula is C23H26FN7. The van der Waals surface area contributed by atoms with Gasteiger partial charge >= 0.3 is 0 Å². The number of aromatic nitrogens is 6. The zero-order valence-electron chi connectivity index (χ0n) is 17.9. The fourth-order valence-corrected chi connectivity index (χ4v) is 4.70. The van der Waals surface area contributed by atoms with Crippen molar-refractivity contribution in [3.8, 4) is 11.3 Å². The Morgan fingerprint density at radius 2 is 1.71 bits per heavy atom. The van der Waals surface area contributed by atoms with Crippen molar-refractivity contribution in [2.75, 3.05) is 19.6 Å². The average Bonchev–Trinajstić information content (AvgIpc) is 3.30. The number of rotatable bonds is 4. The second-order valence-electron chi connectivity index (χ2n) is 9.20. The van der Waals surface area contributed by atoms with Gasteiger partial charge in [-0.2, -0.15) is 10.2 Å². The van der Waals surface area contributed by atoms with Crippen molar-refractivity contribution in [3.63, 3.8) is 0 Å². The minimum atomic E-state index is -0.371. The minimum absolute atomic E-state index is 0.287. The SMILES string of the molecule is Cc1cn2nc(-c3cc(F)c4nc(C5CCN(CC6CC6)CC5)nn4c3)cc(C)c2n1. The molecule has 1 aliphatic heterocycles. The highest BCUT2D eigenvalue weighted by Gasteiger charge is 2.29. The Kier molecular flexibility index (Phi) is 4.31. The second-order valence-corrected chi connectivity index (χ2v) is 9.20. The quantitative estimate of drug-likeness (QED) is 0.504. The van der Waals surface area contributed by atoms with E-state index in [0.29, 0.717) is 17.2 Å². The van der Waals surface area contributed by atoms with Crippen LogP contribution in [-0.2, 0) is 0 Å². The number of piperidine rings is 1. The average molecular weight is 420 g/mol. The largest absolute Gasteiger partial charge is 0.303 e. The molecule has 0 atom stereocenters. The number of halogens is 1. The van der Waals surface area contributed by atoms with Crippen LogP contribution in [-0.4, -0.2) is 53.7 Å². The lowest BCUT2D eigenvalue weighted by molar-refractivity contribution is 0.202. The molecule has 4 aromatic rings. The number of nitrogens with zero attached hydrogens (tertiary/aromatic N) is 7. The van der Waals surface area contributed by atoms with Crippen molar-refractivity contribution < 1.29 is 4.39 Å². The molecule has 0 amide bonds. The van der Waals surface area contributed by atoms with Crippen LogP contribution in [0.5, 0.6) is 0 Å². The van der Waals surface area contributed by atoms with Crippen LogP contribution in [0.1, 0.15) is 48.7 Å². The van der Waals surface area contributed by atoms with Gasteiger partial charge in [0.05, 0.1) is 17.6 Å². The summed E-state index contributed by atoms with van der Waals surface area (Å²) >= 11 is 0. The van der Waals surface area contributed by atoms with Crippen LogP contribution in [0.3, 0.4) is 0 Å². The van der Waals surface area contributed by atoms with Crippen molar-refractivity contribution in [1.29, 1.82) is 0 Å². The van der Waals surface area contributed by atoms with Crippen LogP contribution >= 0.6 is 0 Å². The van der Waals surface area contributed by atoms with Gasteiger partial charge < -0.3 is 4.90 Å². The number of likely N-dealkylation sites (tertiary alicyclic amines) is 1. The Morgan fingerprint density at radius 3 is 2.48 bits per heavy atom. The molecule has 4 aromatic heterocycles. The molecule has 8 heteroatoms. The minimum Gasteiger partial charge on any atom is -0.303 e. The number of fused-ring (bicyclic) bond motifs is 2. The first-order chi connectivity index (χ1) is 15.0. The molecule has 2 aliphatic rings. The maximum absolute atomic E-state index is 15.0. The van der Waals surface area contributed by atoms with Crippen molar-refractivity contribution in [3.05, 3.63) is 47.4 Å². The number of hydrogen-bond donors (Lipinski definition) is 0. The van der Waals surface area contributed by atoms with E-state index in [1.807, 2.05) is 32.3 Å². The van der Waals surface area contributed by atoms with Gasteiger partial charge in [-0.1, -0.05) is 0 Å².